The van der Waals surface area contributed by atoms with E-state index in [1.165, 1.54) is 4.90 Å². The Kier molecular flexibility index (Phi) is 4.90. The van der Waals surface area contributed by atoms with Crippen LogP contribution in [0, 0.1) is 0 Å². The minimum atomic E-state index is -0.931. The summed E-state index contributed by atoms with van der Waals surface area (Å²) in [7, 11) is 1.64. The molecular weight excluding hydrogens is 349 g/mol. The highest BCUT2D eigenvalue weighted by Gasteiger charge is 2.35. The van der Waals surface area contributed by atoms with Crippen LogP contribution in [0.4, 0.5) is 5.69 Å². The highest BCUT2D eigenvalue weighted by atomic mass is 35.5. The van der Waals surface area contributed by atoms with Crippen molar-refractivity contribution in [2.75, 3.05) is 11.9 Å². The van der Waals surface area contributed by atoms with Crippen molar-refractivity contribution in [1.82, 2.24) is 0 Å². The third-order valence-electron chi connectivity index (χ3n) is 4.00. The SMILES string of the molecule is CN1C(=O)[C@H](C[C]=O)O[C@@H](c2ccccc2Cl)c2cc(Cl)ccc21. The number of carbonyl (C=O) groups is 1. The molecule has 3 rings (SSSR count). The first-order valence-corrected chi connectivity index (χ1v) is 8.10. The second kappa shape index (κ2) is 6.93. The number of rotatable bonds is 3. The summed E-state index contributed by atoms with van der Waals surface area (Å²) >= 11 is 12.5. The first kappa shape index (κ1) is 17.0. The predicted molar refractivity (Wildman–Crippen MR) is 93.3 cm³/mol. The van der Waals surface area contributed by atoms with Crippen LogP contribution in [0.5, 0.6) is 0 Å². The van der Waals surface area contributed by atoms with Gasteiger partial charge in [-0.2, -0.15) is 0 Å². The molecule has 2 atom stereocenters. The summed E-state index contributed by atoms with van der Waals surface area (Å²) in [5.74, 6) is -0.309. The molecule has 0 aliphatic carbocycles. The average Bonchev–Trinajstić information content (AvgIpc) is 2.66. The number of nitrogens with zero attached hydrogens (tertiary/aromatic N) is 1. The van der Waals surface area contributed by atoms with Crippen molar-refractivity contribution in [3.05, 3.63) is 63.6 Å². The molecule has 1 aliphatic heterocycles. The van der Waals surface area contributed by atoms with Gasteiger partial charge in [-0.3, -0.25) is 9.59 Å². The second-order valence-corrected chi connectivity index (χ2v) is 6.32. The summed E-state index contributed by atoms with van der Waals surface area (Å²) in [5, 5.41) is 1.04. The first-order valence-electron chi connectivity index (χ1n) is 7.35. The molecule has 1 aliphatic rings. The number of ether oxygens (including phenoxy) is 1. The van der Waals surface area contributed by atoms with Crippen molar-refractivity contribution in [2.24, 2.45) is 0 Å². The van der Waals surface area contributed by atoms with Crippen LogP contribution in [-0.2, 0) is 14.3 Å². The van der Waals surface area contributed by atoms with Crippen molar-refractivity contribution >= 4 is 41.1 Å². The highest BCUT2D eigenvalue weighted by molar-refractivity contribution is 6.31. The Morgan fingerprint density at radius 2 is 1.92 bits per heavy atom. The number of halogens is 2. The highest BCUT2D eigenvalue weighted by Crippen LogP contribution is 2.41. The Balaban J connectivity index is 2.20. The molecule has 1 radical (unpaired) electrons. The third kappa shape index (κ3) is 3.05. The fraction of sp³-hybridized carbons (Fsp3) is 0.222. The maximum atomic E-state index is 12.6. The summed E-state index contributed by atoms with van der Waals surface area (Å²) in [6.45, 7) is 0. The predicted octanol–water partition coefficient (Wildman–Crippen LogP) is 3.94. The van der Waals surface area contributed by atoms with E-state index in [-0.39, 0.29) is 12.3 Å². The van der Waals surface area contributed by atoms with Crippen molar-refractivity contribution in [2.45, 2.75) is 18.6 Å². The van der Waals surface area contributed by atoms with E-state index in [0.717, 1.165) is 5.56 Å². The zero-order valence-corrected chi connectivity index (χ0v) is 14.3. The molecule has 0 spiro atoms. The van der Waals surface area contributed by atoms with E-state index >= 15 is 0 Å². The number of hydrogen-bond acceptors (Lipinski definition) is 3. The quantitative estimate of drug-likeness (QED) is 0.830. The Morgan fingerprint density at radius 3 is 2.62 bits per heavy atom. The van der Waals surface area contributed by atoms with Crippen LogP contribution >= 0.6 is 23.2 Å². The van der Waals surface area contributed by atoms with Crippen LogP contribution < -0.4 is 4.90 Å². The largest absolute Gasteiger partial charge is 0.355 e. The van der Waals surface area contributed by atoms with Gasteiger partial charge < -0.3 is 9.64 Å². The van der Waals surface area contributed by atoms with Crippen LogP contribution in [0.2, 0.25) is 10.0 Å². The number of hydrogen-bond donors (Lipinski definition) is 0. The Hall–Kier alpha value is -1.88. The molecule has 2 aromatic rings. The molecule has 1 amide bonds. The van der Waals surface area contributed by atoms with E-state index < -0.39 is 12.2 Å². The summed E-state index contributed by atoms with van der Waals surface area (Å²) < 4.78 is 5.99. The topological polar surface area (TPSA) is 46.6 Å². The monoisotopic (exact) mass is 362 g/mol. The van der Waals surface area contributed by atoms with Gasteiger partial charge in [0.25, 0.3) is 5.91 Å². The number of anilines is 1. The lowest BCUT2D eigenvalue weighted by Crippen LogP contribution is -2.36. The number of benzene rings is 2. The molecule has 1 heterocycles. The van der Waals surface area contributed by atoms with Crippen LogP contribution in [0.1, 0.15) is 23.7 Å². The normalized spacial score (nSPS) is 20.5. The van der Waals surface area contributed by atoms with Crippen LogP contribution in [-0.4, -0.2) is 25.3 Å². The summed E-state index contributed by atoms with van der Waals surface area (Å²) in [6.07, 6.45) is 0.0704. The van der Waals surface area contributed by atoms with Crippen molar-refractivity contribution in [1.29, 1.82) is 0 Å². The molecule has 0 saturated carbocycles. The van der Waals surface area contributed by atoms with E-state index in [0.29, 0.717) is 21.3 Å². The molecular formula is C18H14Cl2NO3. The summed E-state index contributed by atoms with van der Waals surface area (Å²) in [6, 6.07) is 12.5. The van der Waals surface area contributed by atoms with Gasteiger partial charge in [0.05, 0.1) is 0 Å². The van der Waals surface area contributed by atoms with E-state index in [9.17, 15) is 9.59 Å². The minimum Gasteiger partial charge on any atom is -0.355 e. The summed E-state index contributed by atoms with van der Waals surface area (Å²) in [5.41, 5.74) is 2.10. The van der Waals surface area contributed by atoms with Gasteiger partial charge in [-0.25, -0.2) is 0 Å². The Morgan fingerprint density at radius 1 is 1.17 bits per heavy atom. The zero-order chi connectivity index (χ0) is 17.3. The third-order valence-corrected chi connectivity index (χ3v) is 4.58. The van der Waals surface area contributed by atoms with E-state index in [2.05, 4.69) is 0 Å². The van der Waals surface area contributed by atoms with Crippen molar-refractivity contribution in [3.8, 4) is 0 Å². The molecule has 123 valence electrons. The first-order chi connectivity index (χ1) is 11.5. The van der Waals surface area contributed by atoms with Gasteiger partial charge >= 0.3 is 0 Å². The average molecular weight is 363 g/mol. The smallest absolute Gasteiger partial charge is 0.256 e. The van der Waals surface area contributed by atoms with Gasteiger partial charge in [0.15, 0.2) is 0 Å². The maximum Gasteiger partial charge on any atom is 0.256 e. The van der Waals surface area contributed by atoms with Crippen LogP contribution in [0.25, 0.3) is 0 Å². The fourth-order valence-corrected chi connectivity index (χ4v) is 3.23. The number of likely N-dealkylation sites (N-methyl/N-ethyl adjacent to an activating group) is 1. The molecule has 0 bridgehead atoms. The summed E-state index contributed by atoms with van der Waals surface area (Å²) in [4.78, 5) is 24.9. The van der Waals surface area contributed by atoms with Gasteiger partial charge in [0, 0.05) is 40.3 Å². The molecule has 0 aromatic heterocycles. The lowest BCUT2D eigenvalue weighted by atomic mass is 9.99. The van der Waals surface area contributed by atoms with Crippen LogP contribution in [0.15, 0.2) is 42.5 Å². The van der Waals surface area contributed by atoms with Crippen molar-refractivity contribution < 1.29 is 14.3 Å². The molecule has 4 nitrogen and oxygen atoms in total. The van der Waals surface area contributed by atoms with E-state index in [1.807, 2.05) is 18.2 Å². The lowest BCUT2D eigenvalue weighted by Gasteiger charge is -2.21. The maximum absolute atomic E-state index is 12.6. The van der Waals surface area contributed by atoms with Gasteiger partial charge in [-0.05, 0) is 24.3 Å². The minimum absolute atomic E-state index is 0.147. The number of carbonyl (C=O) groups excluding carboxylic acids is 2. The van der Waals surface area contributed by atoms with Crippen LogP contribution in [0.3, 0.4) is 0 Å². The molecule has 0 fully saturated rings. The zero-order valence-electron chi connectivity index (χ0n) is 12.8. The molecule has 2 aromatic carbocycles. The molecule has 6 heteroatoms. The Bertz CT molecular complexity index is 794. The van der Waals surface area contributed by atoms with Crippen molar-refractivity contribution in [3.63, 3.8) is 0 Å². The van der Waals surface area contributed by atoms with Gasteiger partial charge in [0.2, 0.25) is 6.29 Å². The van der Waals surface area contributed by atoms with Gasteiger partial charge in [-0.15, -0.1) is 0 Å². The second-order valence-electron chi connectivity index (χ2n) is 5.48. The fourth-order valence-electron chi connectivity index (χ4n) is 2.81. The number of fused-ring (bicyclic) bond motifs is 1. The Labute approximate surface area is 149 Å². The van der Waals surface area contributed by atoms with E-state index in [4.69, 9.17) is 27.9 Å². The molecule has 0 saturated heterocycles. The molecule has 0 N–H and O–H groups in total. The number of amides is 1. The standard InChI is InChI=1S/C18H14Cl2NO3/c1-21-15-7-6-11(19)10-13(15)17(12-4-2-3-5-14(12)20)24-16(8-9-22)18(21)23/h2-7,10,16-17H,8H2,1H3/t16-,17-/m0/s1. The lowest BCUT2D eigenvalue weighted by molar-refractivity contribution is -0.131. The van der Waals surface area contributed by atoms with Gasteiger partial charge in [-0.1, -0.05) is 41.4 Å². The van der Waals surface area contributed by atoms with Gasteiger partial charge in [0.1, 0.15) is 12.2 Å². The van der Waals surface area contributed by atoms with E-state index in [1.54, 1.807) is 37.6 Å². The molecule has 24 heavy (non-hydrogen) atoms. The molecule has 0 unspecified atom stereocenters.